The summed E-state index contributed by atoms with van der Waals surface area (Å²) >= 11 is 1.28. The van der Waals surface area contributed by atoms with Gasteiger partial charge in [-0.15, -0.1) is 16.4 Å². The lowest BCUT2D eigenvalue weighted by molar-refractivity contribution is 0.0966. The summed E-state index contributed by atoms with van der Waals surface area (Å²) in [5.41, 5.74) is 2.35. The number of Topliss-reactive ketones (excluding diaryl/α,β-unsaturated/α-hetero) is 1. The zero-order valence-corrected chi connectivity index (χ0v) is 19.5. The largest absolute Gasteiger partial charge is 0.497 e. The zero-order valence-electron chi connectivity index (χ0n) is 18.7. The van der Waals surface area contributed by atoms with E-state index in [1.54, 1.807) is 35.7 Å². The SMILES string of the molecule is CCc1ccc(Cn2c(=O)c3sccc3n3c(=O)n(CC(=O)c4cccc(OC)c4)nc23)cc1. The van der Waals surface area contributed by atoms with Gasteiger partial charge in [-0.25, -0.2) is 13.9 Å². The first-order valence-corrected chi connectivity index (χ1v) is 11.7. The second-order valence-corrected chi connectivity index (χ2v) is 8.84. The highest BCUT2D eigenvalue weighted by molar-refractivity contribution is 7.17. The highest BCUT2D eigenvalue weighted by atomic mass is 32.1. The van der Waals surface area contributed by atoms with Crippen LogP contribution in [0.25, 0.3) is 16.0 Å². The van der Waals surface area contributed by atoms with Gasteiger partial charge in [0, 0.05) is 5.56 Å². The average molecular weight is 475 g/mol. The first kappa shape index (κ1) is 21.8. The standard InChI is InChI=1S/C25H22N4O4S/c1-3-16-7-9-17(10-8-16)14-27-23(31)22-20(11-12-34-22)29-24(27)26-28(25(29)32)15-21(30)18-5-4-6-19(13-18)33-2/h4-13H,3,14-15H2,1-2H3. The van der Waals surface area contributed by atoms with E-state index >= 15 is 0 Å². The quantitative estimate of drug-likeness (QED) is 0.338. The third-order valence-electron chi connectivity index (χ3n) is 5.85. The van der Waals surface area contributed by atoms with E-state index in [0.29, 0.717) is 21.5 Å². The Hall–Kier alpha value is -3.98. The fourth-order valence-electron chi connectivity index (χ4n) is 3.97. The molecular formula is C25H22N4O4S. The molecule has 3 heterocycles. The van der Waals surface area contributed by atoms with Crippen molar-refractivity contribution in [3.63, 3.8) is 0 Å². The van der Waals surface area contributed by atoms with Crippen LogP contribution in [0, 0.1) is 0 Å². The minimum atomic E-state index is -0.468. The molecule has 0 aliphatic rings. The Morgan fingerprint density at radius 1 is 1.06 bits per heavy atom. The molecule has 0 bridgehead atoms. The molecule has 0 aliphatic carbocycles. The number of aromatic nitrogens is 4. The number of carbonyl (C=O) groups is 1. The van der Waals surface area contributed by atoms with Crippen LogP contribution in [0.2, 0.25) is 0 Å². The minimum Gasteiger partial charge on any atom is -0.497 e. The minimum absolute atomic E-state index is 0.207. The Balaban J connectivity index is 1.62. The zero-order chi connectivity index (χ0) is 23.8. The maximum Gasteiger partial charge on any atom is 0.352 e. The fourth-order valence-corrected chi connectivity index (χ4v) is 4.79. The van der Waals surface area contributed by atoms with Crippen molar-refractivity contribution in [3.05, 3.63) is 97.5 Å². The van der Waals surface area contributed by atoms with Crippen molar-refractivity contribution in [2.75, 3.05) is 7.11 Å². The summed E-state index contributed by atoms with van der Waals surface area (Å²) in [5, 5.41) is 6.20. The fraction of sp³-hybridized carbons (Fsp3) is 0.200. The van der Waals surface area contributed by atoms with Crippen LogP contribution in [0.4, 0.5) is 0 Å². The maximum atomic E-state index is 13.3. The molecule has 0 spiro atoms. The number of ether oxygens (including phenoxy) is 1. The van der Waals surface area contributed by atoms with E-state index in [9.17, 15) is 14.4 Å². The number of rotatable bonds is 7. The Labute approximate surface area is 198 Å². The van der Waals surface area contributed by atoms with Crippen molar-refractivity contribution in [2.45, 2.75) is 26.4 Å². The summed E-state index contributed by atoms with van der Waals surface area (Å²) in [7, 11) is 1.53. The third-order valence-corrected chi connectivity index (χ3v) is 6.74. The van der Waals surface area contributed by atoms with Gasteiger partial charge in [-0.2, -0.15) is 0 Å². The monoisotopic (exact) mass is 474 g/mol. The molecule has 0 amide bonds. The van der Waals surface area contributed by atoms with Gasteiger partial charge in [0.25, 0.3) is 5.56 Å². The molecule has 8 nitrogen and oxygen atoms in total. The number of nitrogens with zero attached hydrogens (tertiary/aromatic N) is 4. The molecule has 0 saturated heterocycles. The van der Waals surface area contributed by atoms with Gasteiger partial charge in [0.15, 0.2) is 5.78 Å². The Kier molecular flexibility index (Phi) is 5.62. The molecule has 0 N–H and O–H groups in total. The van der Waals surface area contributed by atoms with E-state index in [2.05, 4.69) is 12.0 Å². The van der Waals surface area contributed by atoms with Crippen LogP contribution < -0.4 is 16.0 Å². The molecule has 0 unspecified atom stereocenters. The van der Waals surface area contributed by atoms with Crippen molar-refractivity contribution in [2.24, 2.45) is 0 Å². The maximum absolute atomic E-state index is 13.3. The highest BCUT2D eigenvalue weighted by Gasteiger charge is 2.20. The van der Waals surface area contributed by atoms with Gasteiger partial charge in [-0.1, -0.05) is 43.3 Å². The first-order valence-electron chi connectivity index (χ1n) is 10.8. The topological polar surface area (TPSA) is 87.6 Å². The molecule has 172 valence electrons. The smallest absolute Gasteiger partial charge is 0.352 e. The number of benzene rings is 2. The lowest BCUT2D eigenvalue weighted by atomic mass is 10.1. The molecule has 9 heteroatoms. The van der Waals surface area contributed by atoms with Crippen LogP contribution in [0.1, 0.15) is 28.4 Å². The molecule has 0 atom stereocenters. The van der Waals surface area contributed by atoms with E-state index < -0.39 is 5.69 Å². The molecular weight excluding hydrogens is 452 g/mol. The van der Waals surface area contributed by atoms with Crippen LogP contribution in [-0.4, -0.2) is 31.6 Å². The van der Waals surface area contributed by atoms with Crippen LogP contribution in [-0.2, 0) is 19.5 Å². The molecule has 34 heavy (non-hydrogen) atoms. The molecule has 0 fully saturated rings. The summed E-state index contributed by atoms with van der Waals surface area (Å²) < 4.78 is 9.68. The summed E-state index contributed by atoms with van der Waals surface area (Å²) in [6, 6.07) is 16.5. The number of hydrogen-bond acceptors (Lipinski definition) is 6. The molecule has 0 saturated carbocycles. The van der Waals surface area contributed by atoms with E-state index in [1.165, 1.54) is 33.0 Å². The van der Waals surface area contributed by atoms with Gasteiger partial charge in [0.1, 0.15) is 17.0 Å². The Bertz CT molecular complexity index is 1640. The predicted octanol–water partition coefficient (Wildman–Crippen LogP) is 3.37. The van der Waals surface area contributed by atoms with Crippen LogP contribution in [0.5, 0.6) is 5.75 Å². The Morgan fingerprint density at radius 2 is 1.82 bits per heavy atom. The molecule has 2 aromatic carbocycles. The van der Waals surface area contributed by atoms with Crippen molar-refractivity contribution in [3.8, 4) is 5.75 Å². The van der Waals surface area contributed by atoms with Crippen molar-refractivity contribution < 1.29 is 9.53 Å². The number of hydrogen-bond donors (Lipinski definition) is 0. The lowest BCUT2D eigenvalue weighted by Crippen LogP contribution is -2.27. The summed E-state index contributed by atoms with van der Waals surface area (Å²) in [6.07, 6.45) is 0.923. The molecule has 5 aromatic rings. The van der Waals surface area contributed by atoms with Gasteiger partial charge in [0.05, 0.1) is 19.2 Å². The number of aryl methyl sites for hydroxylation is 1. The van der Waals surface area contributed by atoms with Crippen LogP contribution in [0.3, 0.4) is 0 Å². The predicted molar refractivity (Wildman–Crippen MR) is 131 cm³/mol. The number of methoxy groups -OCH3 is 1. The summed E-state index contributed by atoms with van der Waals surface area (Å²) in [5.74, 6) is 0.477. The van der Waals surface area contributed by atoms with E-state index in [4.69, 9.17) is 4.74 Å². The van der Waals surface area contributed by atoms with Gasteiger partial charge >= 0.3 is 5.69 Å². The summed E-state index contributed by atoms with van der Waals surface area (Å²) in [4.78, 5) is 39.5. The summed E-state index contributed by atoms with van der Waals surface area (Å²) in [6.45, 7) is 2.10. The van der Waals surface area contributed by atoms with Crippen LogP contribution >= 0.6 is 11.3 Å². The van der Waals surface area contributed by atoms with Crippen molar-refractivity contribution in [1.29, 1.82) is 0 Å². The van der Waals surface area contributed by atoms with Gasteiger partial charge in [-0.3, -0.25) is 14.2 Å². The van der Waals surface area contributed by atoms with Gasteiger partial charge in [0.2, 0.25) is 5.78 Å². The molecule has 5 rings (SSSR count). The molecule has 0 aliphatic heterocycles. The van der Waals surface area contributed by atoms with Crippen LogP contribution in [0.15, 0.2) is 69.6 Å². The lowest BCUT2D eigenvalue weighted by Gasteiger charge is -2.08. The second-order valence-electron chi connectivity index (χ2n) is 7.93. The van der Waals surface area contributed by atoms with Crippen molar-refractivity contribution >= 4 is 33.1 Å². The number of ketones is 1. The molecule has 0 radical (unpaired) electrons. The number of thiophene rings is 1. The van der Waals surface area contributed by atoms with E-state index in [1.807, 2.05) is 24.3 Å². The second kappa shape index (κ2) is 8.75. The first-order chi connectivity index (χ1) is 16.5. The molecule has 3 aromatic heterocycles. The van der Waals surface area contributed by atoms with E-state index in [-0.39, 0.29) is 30.2 Å². The number of carbonyl (C=O) groups excluding carboxylic acids is 1. The Morgan fingerprint density at radius 3 is 2.56 bits per heavy atom. The highest BCUT2D eigenvalue weighted by Crippen LogP contribution is 2.19. The number of fused-ring (bicyclic) bond motifs is 3. The van der Waals surface area contributed by atoms with Gasteiger partial charge in [-0.05, 0) is 41.1 Å². The average Bonchev–Trinajstić information content (AvgIpc) is 3.47. The van der Waals surface area contributed by atoms with Crippen molar-refractivity contribution in [1.82, 2.24) is 18.7 Å². The van der Waals surface area contributed by atoms with Gasteiger partial charge < -0.3 is 4.74 Å². The third kappa shape index (κ3) is 3.73. The van der Waals surface area contributed by atoms with E-state index in [0.717, 1.165) is 16.7 Å². The normalized spacial score (nSPS) is 11.4.